The van der Waals surface area contributed by atoms with Crippen molar-refractivity contribution in [3.05, 3.63) is 23.1 Å². The van der Waals surface area contributed by atoms with E-state index in [-0.39, 0.29) is 5.75 Å². The van der Waals surface area contributed by atoms with Crippen LogP contribution in [0.15, 0.2) is 23.0 Å². The van der Waals surface area contributed by atoms with Gasteiger partial charge in [0.2, 0.25) is 0 Å². The zero-order chi connectivity index (χ0) is 5.98. The van der Waals surface area contributed by atoms with Crippen molar-refractivity contribution in [2.24, 2.45) is 0 Å². The van der Waals surface area contributed by atoms with Crippen molar-refractivity contribution in [1.82, 2.24) is 0 Å². The number of hydrogen-bond donors (Lipinski definition) is 1. The summed E-state index contributed by atoms with van der Waals surface area (Å²) in [6.45, 7) is 0. The quantitative estimate of drug-likeness (QED) is 0.540. The second-order valence-corrected chi connectivity index (χ2v) is 1.75. The van der Waals surface area contributed by atoms with Crippen molar-refractivity contribution in [3.8, 4) is 5.75 Å². The third-order valence-corrected chi connectivity index (χ3v) is 1.08. The molecule has 8 heavy (non-hydrogen) atoms. The molecule has 0 saturated carbocycles. The Hall–Kier alpha value is -0.830. The first-order chi connectivity index (χ1) is 3.80. The normalized spacial score (nSPS) is 9.00. The van der Waals surface area contributed by atoms with Crippen LogP contribution in [0.5, 0.6) is 5.75 Å². The number of rotatable bonds is 0. The van der Waals surface area contributed by atoms with Gasteiger partial charge in [-0.2, -0.15) is 0 Å². The van der Waals surface area contributed by atoms with Crippen molar-refractivity contribution in [3.63, 3.8) is 0 Å². The summed E-state index contributed by atoms with van der Waals surface area (Å²) in [5.41, 5.74) is 0. The molecule has 0 fully saturated rings. The zero-order valence-corrected chi connectivity index (χ0v) is 4.81. The van der Waals surface area contributed by atoms with Gasteiger partial charge in [0.15, 0.2) is 5.75 Å². The molecule has 0 unspecified atom stereocenters. The van der Waals surface area contributed by atoms with Gasteiger partial charge >= 0.3 is 0 Å². The van der Waals surface area contributed by atoms with Gasteiger partial charge in [-0.15, -0.1) is 0 Å². The molecule has 0 aliphatic rings. The Bertz CT molecular complexity index is 228. The molecular formula is C5H4O2S. The SMILES string of the molecule is Oc1coccc1=S. The molecule has 2 nitrogen and oxygen atoms in total. The van der Waals surface area contributed by atoms with E-state index in [1.807, 2.05) is 0 Å². The monoisotopic (exact) mass is 128 g/mol. The first-order valence-electron chi connectivity index (χ1n) is 2.06. The largest absolute Gasteiger partial charge is 0.504 e. The summed E-state index contributed by atoms with van der Waals surface area (Å²) in [6.07, 6.45) is 2.62. The van der Waals surface area contributed by atoms with E-state index in [0.29, 0.717) is 4.51 Å². The predicted octanol–water partition coefficient (Wildman–Crippen LogP) is 1.71. The van der Waals surface area contributed by atoms with E-state index in [9.17, 15) is 0 Å². The van der Waals surface area contributed by atoms with E-state index in [1.54, 1.807) is 0 Å². The van der Waals surface area contributed by atoms with Crippen LogP contribution in [0.3, 0.4) is 0 Å². The summed E-state index contributed by atoms with van der Waals surface area (Å²) in [5, 5.41) is 8.72. The topological polar surface area (TPSA) is 33.4 Å². The molecule has 3 heteroatoms. The van der Waals surface area contributed by atoms with Gasteiger partial charge in [0.05, 0.1) is 10.8 Å². The van der Waals surface area contributed by atoms with Crippen LogP contribution in [0.2, 0.25) is 0 Å². The Morgan fingerprint density at radius 3 is 2.75 bits per heavy atom. The molecule has 0 saturated heterocycles. The number of hydrogen-bond acceptors (Lipinski definition) is 3. The lowest BCUT2D eigenvalue weighted by atomic mass is 10.5. The minimum Gasteiger partial charge on any atom is -0.504 e. The van der Waals surface area contributed by atoms with Crippen LogP contribution in [0, 0.1) is 4.51 Å². The van der Waals surface area contributed by atoms with Crippen molar-refractivity contribution in [2.45, 2.75) is 0 Å². The summed E-state index contributed by atoms with van der Waals surface area (Å²) in [5.74, 6) is 0.0162. The molecule has 0 amide bonds. The molecule has 1 aromatic heterocycles. The fourth-order valence-corrected chi connectivity index (χ4v) is 0.452. The van der Waals surface area contributed by atoms with Gasteiger partial charge < -0.3 is 9.52 Å². The molecule has 0 aromatic carbocycles. The summed E-state index contributed by atoms with van der Waals surface area (Å²) in [6, 6.07) is 1.52. The average molecular weight is 128 g/mol. The van der Waals surface area contributed by atoms with E-state index in [2.05, 4.69) is 16.6 Å². The van der Waals surface area contributed by atoms with E-state index >= 15 is 0 Å². The first-order valence-corrected chi connectivity index (χ1v) is 2.47. The molecule has 1 rings (SSSR count). The Balaban J connectivity index is 3.35. The fraction of sp³-hybridized carbons (Fsp3) is 0. The lowest BCUT2D eigenvalue weighted by Gasteiger charge is -1.84. The van der Waals surface area contributed by atoms with Crippen molar-refractivity contribution >= 4 is 12.2 Å². The van der Waals surface area contributed by atoms with Gasteiger partial charge in [0.1, 0.15) is 6.26 Å². The van der Waals surface area contributed by atoms with Crippen LogP contribution in [0.4, 0.5) is 0 Å². The van der Waals surface area contributed by atoms with Crippen molar-refractivity contribution in [2.75, 3.05) is 0 Å². The van der Waals surface area contributed by atoms with Crippen LogP contribution >= 0.6 is 12.2 Å². The molecule has 1 N–H and O–H groups in total. The molecule has 1 aromatic rings. The van der Waals surface area contributed by atoms with E-state index in [0.717, 1.165) is 0 Å². The highest BCUT2D eigenvalue weighted by Crippen LogP contribution is 2.07. The zero-order valence-electron chi connectivity index (χ0n) is 4.00. The molecule has 0 aliphatic carbocycles. The predicted molar refractivity (Wildman–Crippen MR) is 31.2 cm³/mol. The van der Waals surface area contributed by atoms with E-state index in [4.69, 9.17) is 5.11 Å². The molecule has 0 bridgehead atoms. The molecule has 0 radical (unpaired) electrons. The smallest absolute Gasteiger partial charge is 0.169 e. The Morgan fingerprint density at radius 1 is 1.62 bits per heavy atom. The van der Waals surface area contributed by atoms with Gasteiger partial charge in [-0.25, -0.2) is 0 Å². The van der Waals surface area contributed by atoms with Gasteiger partial charge in [-0.1, -0.05) is 12.2 Å². The second-order valence-electron chi connectivity index (χ2n) is 1.31. The Labute approximate surface area is 51.4 Å². The fourth-order valence-electron chi connectivity index (χ4n) is 0.348. The van der Waals surface area contributed by atoms with Gasteiger partial charge in [-0.05, 0) is 6.07 Å². The van der Waals surface area contributed by atoms with Crippen molar-refractivity contribution < 1.29 is 9.52 Å². The minimum atomic E-state index is 0.0162. The van der Waals surface area contributed by atoms with Crippen LogP contribution < -0.4 is 0 Å². The van der Waals surface area contributed by atoms with E-state index < -0.39 is 0 Å². The second kappa shape index (κ2) is 1.96. The lowest BCUT2D eigenvalue weighted by molar-refractivity contribution is 0.432. The maximum atomic E-state index is 8.72. The number of aromatic hydroxyl groups is 1. The van der Waals surface area contributed by atoms with Crippen molar-refractivity contribution in [1.29, 1.82) is 0 Å². The first kappa shape index (κ1) is 5.31. The maximum Gasteiger partial charge on any atom is 0.169 e. The summed E-state index contributed by atoms with van der Waals surface area (Å²) in [7, 11) is 0. The summed E-state index contributed by atoms with van der Waals surface area (Å²) < 4.78 is 4.99. The molecule has 0 atom stereocenters. The lowest BCUT2D eigenvalue weighted by Crippen LogP contribution is -1.61. The van der Waals surface area contributed by atoms with Crippen LogP contribution in [0.25, 0.3) is 0 Å². The van der Waals surface area contributed by atoms with Gasteiger partial charge in [0.25, 0.3) is 0 Å². The standard InChI is InChI=1S/C5H4O2S/c6-4-3-7-2-1-5(4)8/h1-3,6H. The minimum absolute atomic E-state index is 0.0162. The van der Waals surface area contributed by atoms with Crippen LogP contribution in [0.1, 0.15) is 0 Å². The molecular weight excluding hydrogens is 124 g/mol. The Kier molecular flexibility index (Phi) is 1.30. The summed E-state index contributed by atoms with van der Waals surface area (Å²) in [4.78, 5) is 0. The maximum absolute atomic E-state index is 8.72. The molecule has 0 aliphatic heterocycles. The summed E-state index contributed by atoms with van der Waals surface area (Å²) >= 11 is 4.64. The average Bonchev–Trinajstić information content (AvgIpc) is 1.77. The highest BCUT2D eigenvalue weighted by Gasteiger charge is 1.85. The third-order valence-electron chi connectivity index (χ3n) is 0.730. The highest BCUT2D eigenvalue weighted by molar-refractivity contribution is 7.71. The van der Waals surface area contributed by atoms with Gasteiger partial charge in [-0.3, -0.25) is 0 Å². The Morgan fingerprint density at radius 2 is 2.38 bits per heavy atom. The molecule has 42 valence electrons. The molecule has 1 heterocycles. The van der Waals surface area contributed by atoms with Crippen LogP contribution in [-0.2, 0) is 0 Å². The third kappa shape index (κ3) is 0.869. The van der Waals surface area contributed by atoms with Crippen LogP contribution in [-0.4, -0.2) is 5.11 Å². The van der Waals surface area contributed by atoms with Gasteiger partial charge in [0, 0.05) is 0 Å². The van der Waals surface area contributed by atoms with E-state index in [1.165, 1.54) is 18.6 Å². The molecule has 0 spiro atoms. The highest BCUT2D eigenvalue weighted by atomic mass is 32.1.